The lowest BCUT2D eigenvalue weighted by Gasteiger charge is -2.13. The van der Waals surface area contributed by atoms with E-state index in [1.54, 1.807) is 7.05 Å². The molecule has 0 aliphatic carbocycles. The monoisotopic (exact) mass is 346 g/mol. The van der Waals surface area contributed by atoms with Gasteiger partial charge in [0.25, 0.3) is 10.0 Å². The Labute approximate surface area is 132 Å². The number of benzene rings is 1. The van der Waals surface area contributed by atoms with Crippen LogP contribution in [0.1, 0.15) is 5.56 Å². The van der Waals surface area contributed by atoms with Crippen molar-refractivity contribution in [2.75, 3.05) is 11.8 Å². The van der Waals surface area contributed by atoms with Crippen LogP contribution < -0.4 is 10.0 Å². The summed E-state index contributed by atoms with van der Waals surface area (Å²) in [5.41, 5.74) is 0.770. The van der Waals surface area contributed by atoms with Crippen LogP contribution in [0.4, 0.5) is 5.69 Å². The van der Waals surface area contributed by atoms with Crippen molar-refractivity contribution in [2.45, 2.75) is 11.4 Å². The third-order valence-electron chi connectivity index (χ3n) is 2.61. The fraction of sp³-hybridized carbons (Fsp3) is 0.167. The van der Waals surface area contributed by atoms with Gasteiger partial charge in [-0.3, -0.25) is 4.72 Å². The number of hydrogen-bond acceptors (Lipinski definition) is 5. The Hall–Kier alpha value is -1.41. The van der Waals surface area contributed by atoms with E-state index in [0.717, 1.165) is 0 Å². The molecular formula is C12H12Cl2N4O2S. The van der Waals surface area contributed by atoms with E-state index in [0.29, 0.717) is 17.1 Å². The molecule has 2 N–H and O–H groups in total. The maximum atomic E-state index is 12.4. The van der Waals surface area contributed by atoms with Gasteiger partial charge in [0.1, 0.15) is 11.2 Å². The Morgan fingerprint density at radius 2 is 1.86 bits per heavy atom. The molecule has 1 aromatic carbocycles. The molecular weight excluding hydrogens is 335 g/mol. The van der Waals surface area contributed by atoms with E-state index in [9.17, 15) is 8.42 Å². The predicted molar refractivity (Wildman–Crippen MR) is 82.1 cm³/mol. The second-order valence-electron chi connectivity index (χ2n) is 4.10. The molecule has 6 nitrogen and oxygen atoms in total. The molecule has 1 heterocycles. The molecule has 0 aliphatic heterocycles. The van der Waals surface area contributed by atoms with E-state index >= 15 is 0 Å². The third-order valence-corrected chi connectivity index (χ3v) is 4.93. The van der Waals surface area contributed by atoms with E-state index in [1.165, 1.54) is 30.9 Å². The molecule has 0 radical (unpaired) electrons. The lowest BCUT2D eigenvalue weighted by Crippen LogP contribution is -2.15. The van der Waals surface area contributed by atoms with Crippen molar-refractivity contribution in [3.05, 3.63) is 46.5 Å². The summed E-state index contributed by atoms with van der Waals surface area (Å²) in [6.07, 6.45) is 4.00. The van der Waals surface area contributed by atoms with E-state index in [4.69, 9.17) is 23.2 Å². The number of hydrogen-bond donors (Lipinski definition) is 2. The fourth-order valence-corrected chi connectivity index (χ4v) is 3.63. The Morgan fingerprint density at radius 1 is 1.19 bits per heavy atom. The molecule has 0 saturated carbocycles. The molecule has 0 fully saturated rings. The van der Waals surface area contributed by atoms with Gasteiger partial charge in [-0.05, 0) is 19.2 Å². The van der Waals surface area contributed by atoms with Gasteiger partial charge < -0.3 is 5.32 Å². The van der Waals surface area contributed by atoms with Crippen molar-refractivity contribution >= 4 is 38.9 Å². The van der Waals surface area contributed by atoms with Gasteiger partial charge in [0.15, 0.2) is 0 Å². The summed E-state index contributed by atoms with van der Waals surface area (Å²) in [4.78, 5) is 7.43. The first kappa shape index (κ1) is 16.0. The van der Waals surface area contributed by atoms with E-state index < -0.39 is 10.0 Å². The van der Waals surface area contributed by atoms with Crippen LogP contribution in [-0.2, 0) is 16.6 Å². The van der Waals surface area contributed by atoms with Gasteiger partial charge >= 0.3 is 0 Å². The topological polar surface area (TPSA) is 84.0 Å². The van der Waals surface area contributed by atoms with Crippen molar-refractivity contribution in [2.24, 2.45) is 0 Å². The van der Waals surface area contributed by atoms with Gasteiger partial charge in [-0.25, -0.2) is 18.4 Å². The first-order valence-corrected chi connectivity index (χ1v) is 8.09. The fourth-order valence-electron chi connectivity index (χ4n) is 1.68. The van der Waals surface area contributed by atoms with Gasteiger partial charge in [-0.1, -0.05) is 23.2 Å². The van der Waals surface area contributed by atoms with Crippen molar-refractivity contribution < 1.29 is 8.42 Å². The van der Waals surface area contributed by atoms with Gasteiger partial charge in [0.05, 0.1) is 23.1 Å². The standard InChI is InChI=1S/C12H12Cl2N4O2S/c1-15-6-9-10(13)2-3-11(12(9)14)21(19,20)18-8-4-16-7-17-5-8/h2-5,7,15,18H,6H2,1H3. The van der Waals surface area contributed by atoms with Crippen LogP contribution in [0.2, 0.25) is 10.0 Å². The average Bonchev–Trinajstić information content (AvgIpc) is 2.43. The Morgan fingerprint density at radius 3 is 2.48 bits per heavy atom. The minimum atomic E-state index is -3.85. The van der Waals surface area contributed by atoms with Crippen molar-refractivity contribution in [1.82, 2.24) is 15.3 Å². The second kappa shape index (κ2) is 6.57. The largest absolute Gasteiger partial charge is 0.316 e. The van der Waals surface area contributed by atoms with Crippen LogP contribution in [0.3, 0.4) is 0 Å². The van der Waals surface area contributed by atoms with Crippen molar-refractivity contribution in [1.29, 1.82) is 0 Å². The second-order valence-corrected chi connectivity index (χ2v) is 6.54. The van der Waals surface area contributed by atoms with Crippen LogP contribution in [0, 0.1) is 0 Å². The molecule has 0 saturated heterocycles. The van der Waals surface area contributed by atoms with E-state index in [2.05, 4.69) is 20.0 Å². The maximum absolute atomic E-state index is 12.4. The molecule has 21 heavy (non-hydrogen) atoms. The highest BCUT2D eigenvalue weighted by Gasteiger charge is 2.21. The predicted octanol–water partition coefficient (Wildman–Crippen LogP) is 2.30. The SMILES string of the molecule is CNCc1c(Cl)ccc(S(=O)(=O)Nc2cncnc2)c1Cl. The normalized spacial score (nSPS) is 11.4. The zero-order valence-corrected chi connectivity index (χ0v) is 13.3. The van der Waals surface area contributed by atoms with Crippen LogP contribution in [-0.4, -0.2) is 25.4 Å². The summed E-state index contributed by atoms with van der Waals surface area (Å²) < 4.78 is 27.1. The molecule has 0 amide bonds. The summed E-state index contributed by atoms with van der Waals surface area (Å²) in [5.74, 6) is 0. The first-order chi connectivity index (χ1) is 9.95. The molecule has 0 spiro atoms. The minimum Gasteiger partial charge on any atom is -0.316 e. The molecule has 2 aromatic rings. The molecule has 112 valence electrons. The highest BCUT2D eigenvalue weighted by molar-refractivity contribution is 7.92. The third kappa shape index (κ3) is 3.62. The van der Waals surface area contributed by atoms with Gasteiger partial charge in [-0.15, -0.1) is 0 Å². The molecule has 9 heteroatoms. The summed E-state index contributed by atoms with van der Waals surface area (Å²) >= 11 is 12.2. The number of anilines is 1. The van der Waals surface area contributed by atoms with Crippen LogP contribution in [0.15, 0.2) is 35.7 Å². The van der Waals surface area contributed by atoms with Crippen LogP contribution in [0.25, 0.3) is 0 Å². The van der Waals surface area contributed by atoms with E-state index in [-0.39, 0.29) is 15.6 Å². The number of rotatable bonds is 5. The lowest BCUT2D eigenvalue weighted by atomic mass is 10.2. The molecule has 0 atom stereocenters. The van der Waals surface area contributed by atoms with Crippen LogP contribution >= 0.6 is 23.2 Å². The zero-order valence-electron chi connectivity index (χ0n) is 11.0. The molecule has 1 aromatic heterocycles. The van der Waals surface area contributed by atoms with E-state index in [1.807, 2.05) is 0 Å². The number of nitrogens with zero attached hydrogens (tertiary/aromatic N) is 2. The maximum Gasteiger partial charge on any atom is 0.263 e. The highest BCUT2D eigenvalue weighted by Crippen LogP contribution is 2.31. The minimum absolute atomic E-state index is 0.0531. The Bertz CT molecular complexity index is 738. The Kier molecular flexibility index (Phi) is 5.00. The molecule has 2 rings (SSSR count). The van der Waals surface area contributed by atoms with Gasteiger partial charge in [-0.2, -0.15) is 0 Å². The molecule has 0 unspecified atom stereocenters. The number of sulfonamides is 1. The smallest absolute Gasteiger partial charge is 0.263 e. The quantitative estimate of drug-likeness (QED) is 0.867. The number of aromatic nitrogens is 2. The summed E-state index contributed by atoms with van der Waals surface area (Å²) in [6, 6.07) is 2.85. The van der Waals surface area contributed by atoms with Crippen molar-refractivity contribution in [3.8, 4) is 0 Å². The zero-order chi connectivity index (χ0) is 15.5. The van der Waals surface area contributed by atoms with Crippen molar-refractivity contribution in [3.63, 3.8) is 0 Å². The average molecular weight is 347 g/mol. The number of nitrogens with one attached hydrogen (secondary N) is 2. The van der Waals surface area contributed by atoms with Crippen LogP contribution in [0.5, 0.6) is 0 Å². The Balaban J connectivity index is 2.43. The molecule has 0 aliphatic rings. The van der Waals surface area contributed by atoms with Gasteiger partial charge in [0, 0.05) is 17.1 Å². The highest BCUT2D eigenvalue weighted by atomic mass is 35.5. The molecule has 0 bridgehead atoms. The number of halogens is 2. The van der Waals surface area contributed by atoms with Gasteiger partial charge in [0.2, 0.25) is 0 Å². The summed E-state index contributed by atoms with van der Waals surface area (Å²) in [5, 5.41) is 3.37. The summed E-state index contributed by atoms with van der Waals surface area (Å²) in [6.45, 7) is 0.357. The summed E-state index contributed by atoms with van der Waals surface area (Å²) in [7, 11) is -2.13. The first-order valence-electron chi connectivity index (χ1n) is 5.85. The lowest BCUT2D eigenvalue weighted by molar-refractivity contribution is 0.601.